The van der Waals surface area contributed by atoms with Crippen molar-refractivity contribution in [1.29, 1.82) is 0 Å². The lowest BCUT2D eigenvalue weighted by atomic mass is 10.1. The fourth-order valence-electron chi connectivity index (χ4n) is 2.32. The Kier molecular flexibility index (Phi) is 6.11. The van der Waals surface area contributed by atoms with Crippen molar-refractivity contribution in [3.63, 3.8) is 0 Å². The summed E-state index contributed by atoms with van der Waals surface area (Å²) in [6, 6.07) is 11.1. The first-order valence-corrected chi connectivity index (χ1v) is 7.45. The Balaban J connectivity index is 1.88. The van der Waals surface area contributed by atoms with Crippen LogP contribution in [0.3, 0.4) is 0 Å². The van der Waals surface area contributed by atoms with Gasteiger partial charge >= 0.3 is 0 Å². The van der Waals surface area contributed by atoms with Crippen molar-refractivity contribution >= 4 is 0 Å². The fourth-order valence-corrected chi connectivity index (χ4v) is 2.32. The number of phenolic OH excluding ortho intramolecular Hbond substituents is 1. The van der Waals surface area contributed by atoms with Crippen molar-refractivity contribution in [3.8, 4) is 23.0 Å². The zero-order chi connectivity index (χ0) is 16.7. The second-order valence-electron chi connectivity index (χ2n) is 5.11. The Bertz CT molecular complexity index is 643. The van der Waals surface area contributed by atoms with Crippen LogP contribution in [0, 0.1) is 0 Å². The highest BCUT2D eigenvalue weighted by molar-refractivity contribution is 5.43. The van der Waals surface area contributed by atoms with Crippen LogP contribution < -0.4 is 19.5 Å². The SMILES string of the molecule is COc1ccc(O)c(CNCCc2ccc(OC)c(OC)c2)c1. The summed E-state index contributed by atoms with van der Waals surface area (Å²) >= 11 is 0. The van der Waals surface area contributed by atoms with Crippen molar-refractivity contribution in [2.75, 3.05) is 27.9 Å². The Hall–Kier alpha value is -2.40. The molecule has 2 N–H and O–H groups in total. The molecule has 5 nitrogen and oxygen atoms in total. The Morgan fingerprint density at radius 2 is 1.70 bits per heavy atom. The molecule has 0 unspecified atom stereocenters. The third-order valence-electron chi connectivity index (χ3n) is 3.64. The maximum Gasteiger partial charge on any atom is 0.160 e. The number of rotatable bonds is 8. The summed E-state index contributed by atoms with van der Waals surface area (Å²) in [6.45, 7) is 1.36. The molecule has 2 rings (SSSR count). The minimum absolute atomic E-state index is 0.268. The second kappa shape index (κ2) is 8.29. The fraction of sp³-hybridized carbons (Fsp3) is 0.333. The predicted molar refractivity (Wildman–Crippen MR) is 89.6 cm³/mol. The number of nitrogens with one attached hydrogen (secondary N) is 1. The molecule has 0 aliphatic carbocycles. The molecule has 0 aliphatic heterocycles. The summed E-state index contributed by atoms with van der Waals surface area (Å²) in [5.41, 5.74) is 1.97. The monoisotopic (exact) mass is 317 g/mol. The number of aromatic hydroxyl groups is 1. The number of hydrogen-bond donors (Lipinski definition) is 2. The van der Waals surface area contributed by atoms with Crippen molar-refractivity contribution < 1.29 is 19.3 Å². The van der Waals surface area contributed by atoms with Gasteiger partial charge in [-0.25, -0.2) is 0 Å². The van der Waals surface area contributed by atoms with Gasteiger partial charge in [-0.05, 0) is 48.9 Å². The molecule has 124 valence electrons. The van der Waals surface area contributed by atoms with Gasteiger partial charge in [-0.2, -0.15) is 0 Å². The van der Waals surface area contributed by atoms with E-state index in [0.717, 1.165) is 41.3 Å². The highest BCUT2D eigenvalue weighted by atomic mass is 16.5. The highest BCUT2D eigenvalue weighted by Gasteiger charge is 2.05. The number of hydrogen-bond acceptors (Lipinski definition) is 5. The van der Waals surface area contributed by atoms with Crippen LogP contribution in [0.2, 0.25) is 0 Å². The third-order valence-corrected chi connectivity index (χ3v) is 3.64. The van der Waals surface area contributed by atoms with Gasteiger partial charge in [0.05, 0.1) is 21.3 Å². The van der Waals surface area contributed by atoms with Gasteiger partial charge in [0.1, 0.15) is 11.5 Å². The number of ether oxygens (including phenoxy) is 3. The van der Waals surface area contributed by atoms with E-state index in [-0.39, 0.29) is 5.75 Å². The number of benzene rings is 2. The predicted octanol–water partition coefficient (Wildman–Crippen LogP) is 2.75. The molecule has 23 heavy (non-hydrogen) atoms. The summed E-state index contributed by atoms with van der Waals surface area (Å²) in [5, 5.41) is 13.2. The van der Waals surface area contributed by atoms with Gasteiger partial charge in [0.25, 0.3) is 0 Å². The van der Waals surface area contributed by atoms with Crippen LogP contribution in [0.4, 0.5) is 0 Å². The first kappa shape index (κ1) is 17.0. The molecule has 2 aromatic rings. The largest absolute Gasteiger partial charge is 0.508 e. The maximum absolute atomic E-state index is 9.85. The van der Waals surface area contributed by atoms with Gasteiger partial charge < -0.3 is 24.6 Å². The first-order chi connectivity index (χ1) is 11.2. The lowest BCUT2D eigenvalue weighted by Crippen LogP contribution is -2.16. The summed E-state index contributed by atoms with van der Waals surface area (Å²) in [6.07, 6.45) is 0.852. The van der Waals surface area contributed by atoms with Gasteiger partial charge in [0.15, 0.2) is 11.5 Å². The Morgan fingerprint density at radius 3 is 2.39 bits per heavy atom. The molecule has 0 heterocycles. The standard InChI is InChI=1S/C18H23NO4/c1-21-15-5-6-16(20)14(11-15)12-19-9-8-13-4-7-17(22-2)18(10-13)23-3/h4-7,10-11,19-20H,8-9,12H2,1-3H3. The molecule has 0 aromatic heterocycles. The second-order valence-corrected chi connectivity index (χ2v) is 5.11. The number of methoxy groups -OCH3 is 3. The van der Waals surface area contributed by atoms with Crippen LogP contribution in [0.5, 0.6) is 23.0 Å². The summed E-state index contributed by atoms with van der Waals surface area (Å²) in [7, 11) is 4.87. The topological polar surface area (TPSA) is 60.0 Å². The highest BCUT2D eigenvalue weighted by Crippen LogP contribution is 2.27. The van der Waals surface area contributed by atoms with E-state index < -0.39 is 0 Å². The molecule has 0 spiro atoms. The molecular weight excluding hydrogens is 294 g/mol. The van der Waals surface area contributed by atoms with Crippen molar-refractivity contribution in [2.24, 2.45) is 0 Å². The van der Waals surface area contributed by atoms with Crippen LogP contribution in [0.25, 0.3) is 0 Å². The van der Waals surface area contributed by atoms with Crippen molar-refractivity contribution in [2.45, 2.75) is 13.0 Å². The molecule has 0 atom stereocenters. The summed E-state index contributed by atoms with van der Waals surface area (Å²) in [4.78, 5) is 0. The van der Waals surface area contributed by atoms with E-state index >= 15 is 0 Å². The minimum Gasteiger partial charge on any atom is -0.508 e. The average Bonchev–Trinajstić information content (AvgIpc) is 2.59. The average molecular weight is 317 g/mol. The minimum atomic E-state index is 0.268. The quantitative estimate of drug-likeness (QED) is 0.733. The van der Waals surface area contributed by atoms with Gasteiger partial charge in [-0.1, -0.05) is 6.07 Å². The third kappa shape index (κ3) is 4.53. The Morgan fingerprint density at radius 1 is 0.913 bits per heavy atom. The zero-order valence-electron chi connectivity index (χ0n) is 13.8. The van der Waals surface area contributed by atoms with Crippen LogP contribution in [0.15, 0.2) is 36.4 Å². The van der Waals surface area contributed by atoms with E-state index in [9.17, 15) is 5.11 Å². The van der Waals surface area contributed by atoms with Gasteiger partial charge in [-0.15, -0.1) is 0 Å². The van der Waals surface area contributed by atoms with E-state index in [1.807, 2.05) is 24.3 Å². The van der Waals surface area contributed by atoms with Crippen LogP contribution >= 0.6 is 0 Å². The lowest BCUT2D eigenvalue weighted by Gasteiger charge is -2.11. The van der Waals surface area contributed by atoms with Crippen molar-refractivity contribution in [3.05, 3.63) is 47.5 Å². The maximum atomic E-state index is 9.85. The smallest absolute Gasteiger partial charge is 0.160 e. The Labute approximate surface area is 136 Å². The zero-order valence-corrected chi connectivity index (χ0v) is 13.8. The number of phenols is 1. The van der Waals surface area contributed by atoms with E-state index in [2.05, 4.69) is 5.32 Å². The van der Waals surface area contributed by atoms with Crippen LogP contribution in [0.1, 0.15) is 11.1 Å². The molecule has 5 heteroatoms. The van der Waals surface area contributed by atoms with Crippen LogP contribution in [-0.2, 0) is 13.0 Å². The summed E-state index contributed by atoms with van der Waals surface area (Å²) < 4.78 is 15.7. The molecule has 0 amide bonds. The van der Waals surface area contributed by atoms with E-state index in [0.29, 0.717) is 6.54 Å². The van der Waals surface area contributed by atoms with E-state index in [4.69, 9.17) is 14.2 Å². The molecule has 0 saturated heterocycles. The van der Waals surface area contributed by atoms with Crippen molar-refractivity contribution in [1.82, 2.24) is 5.32 Å². The molecule has 0 radical (unpaired) electrons. The van der Waals surface area contributed by atoms with E-state index in [1.54, 1.807) is 33.5 Å². The van der Waals surface area contributed by atoms with Gasteiger partial charge in [0.2, 0.25) is 0 Å². The molecule has 0 aliphatic rings. The van der Waals surface area contributed by atoms with Crippen LogP contribution in [-0.4, -0.2) is 33.0 Å². The molecule has 0 fully saturated rings. The summed E-state index contributed by atoms with van der Waals surface area (Å²) in [5.74, 6) is 2.46. The van der Waals surface area contributed by atoms with E-state index in [1.165, 1.54) is 0 Å². The first-order valence-electron chi connectivity index (χ1n) is 7.45. The molecule has 2 aromatic carbocycles. The lowest BCUT2D eigenvalue weighted by molar-refractivity contribution is 0.354. The van der Waals surface area contributed by atoms with Gasteiger partial charge in [0, 0.05) is 12.1 Å². The normalized spacial score (nSPS) is 10.4. The molecule has 0 bridgehead atoms. The molecule has 0 saturated carbocycles. The molecular formula is C18H23NO4. The van der Waals surface area contributed by atoms with Gasteiger partial charge in [-0.3, -0.25) is 0 Å².